The van der Waals surface area contributed by atoms with E-state index in [9.17, 15) is 9.59 Å². The maximum atomic E-state index is 11.0. The molecule has 1 unspecified atom stereocenters. The highest BCUT2D eigenvalue weighted by Crippen LogP contribution is 2.29. The number of aryl methyl sites for hydroxylation is 1. The molecule has 0 fully saturated rings. The van der Waals surface area contributed by atoms with E-state index in [1.807, 2.05) is 13.0 Å². The maximum absolute atomic E-state index is 11.0. The minimum atomic E-state index is -1.04. The van der Waals surface area contributed by atoms with Crippen LogP contribution in [-0.2, 0) is 9.59 Å². The van der Waals surface area contributed by atoms with Gasteiger partial charge in [0.2, 0.25) is 5.91 Å². The molecule has 0 bridgehead atoms. The number of carboxylic acid groups (broad SMARTS) is 1. The lowest BCUT2D eigenvalue weighted by atomic mass is 10.1. The zero-order valence-electron chi connectivity index (χ0n) is 11.2. The molecule has 0 aliphatic heterocycles. The molecular formula is C14H16BrNO4. The van der Waals surface area contributed by atoms with Crippen LogP contribution < -0.4 is 10.5 Å². The monoisotopic (exact) mass is 341 g/mol. The fourth-order valence-electron chi connectivity index (χ4n) is 1.53. The van der Waals surface area contributed by atoms with E-state index in [0.29, 0.717) is 11.3 Å². The second-order valence-corrected chi connectivity index (χ2v) is 5.34. The van der Waals surface area contributed by atoms with Gasteiger partial charge in [-0.05, 0) is 30.7 Å². The number of hydrogen-bond acceptors (Lipinski definition) is 3. The number of carboxylic acids is 1. The molecule has 1 atom stereocenters. The van der Waals surface area contributed by atoms with Crippen LogP contribution in [0.1, 0.15) is 18.1 Å². The zero-order chi connectivity index (χ0) is 15.3. The summed E-state index contributed by atoms with van der Waals surface area (Å²) in [6.07, 6.45) is 2.48. The molecule has 1 amide bonds. The third-order valence-corrected chi connectivity index (χ3v) is 3.09. The van der Waals surface area contributed by atoms with Crippen LogP contribution in [0.3, 0.4) is 0 Å². The number of aliphatic carboxylic acids is 1. The lowest BCUT2D eigenvalue weighted by molar-refractivity contribution is -0.131. The van der Waals surface area contributed by atoms with Gasteiger partial charge in [-0.25, -0.2) is 4.79 Å². The Labute approximate surface area is 125 Å². The van der Waals surface area contributed by atoms with Crippen LogP contribution in [-0.4, -0.2) is 23.6 Å². The molecular weight excluding hydrogens is 326 g/mol. The average molecular weight is 342 g/mol. The van der Waals surface area contributed by atoms with Crippen molar-refractivity contribution in [2.45, 2.75) is 13.8 Å². The molecule has 0 aliphatic carbocycles. The van der Waals surface area contributed by atoms with Crippen molar-refractivity contribution < 1.29 is 19.4 Å². The number of nitrogens with two attached hydrogens (primary N) is 1. The van der Waals surface area contributed by atoms with Crippen LogP contribution in [0, 0.1) is 12.8 Å². The normalized spacial score (nSPS) is 12.3. The van der Waals surface area contributed by atoms with E-state index < -0.39 is 17.8 Å². The van der Waals surface area contributed by atoms with Crippen molar-refractivity contribution in [1.29, 1.82) is 0 Å². The number of ether oxygens (including phenoxy) is 1. The van der Waals surface area contributed by atoms with E-state index in [1.54, 1.807) is 13.0 Å². The minimum absolute atomic E-state index is 0.145. The molecule has 0 heterocycles. The van der Waals surface area contributed by atoms with E-state index in [1.165, 1.54) is 6.08 Å². The first-order valence-corrected chi connectivity index (χ1v) is 6.73. The van der Waals surface area contributed by atoms with E-state index >= 15 is 0 Å². The summed E-state index contributed by atoms with van der Waals surface area (Å²) in [4.78, 5) is 21.6. The highest BCUT2D eigenvalue weighted by molar-refractivity contribution is 9.10. The number of hydrogen-bond donors (Lipinski definition) is 2. The number of carbonyl (C=O) groups is 2. The first kappa shape index (κ1) is 16.2. The zero-order valence-corrected chi connectivity index (χ0v) is 12.8. The summed E-state index contributed by atoms with van der Waals surface area (Å²) in [6.45, 7) is 3.65. The average Bonchev–Trinajstić information content (AvgIpc) is 2.34. The number of primary amides is 1. The Kier molecular flexibility index (Phi) is 5.76. The fourth-order valence-corrected chi connectivity index (χ4v) is 2.12. The standard InChI is InChI=1S/C14H16BrNO4/c1-8-5-11(15)6-10(3-4-12(17)18)13(8)20-7-9(2)14(16)19/h3-6,9H,7H2,1-2H3,(H2,16,19)(H,17,18)/b4-3+. The van der Waals surface area contributed by atoms with Crippen LogP contribution in [0.4, 0.5) is 0 Å². The number of carbonyl (C=O) groups excluding carboxylic acids is 1. The molecule has 0 saturated carbocycles. The molecule has 0 aromatic heterocycles. The van der Waals surface area contributed by atoms with Crippen molar-refractivity contribution in [1.82, 2.24) is 0 Å². The Hall–Kier alpha value is -1.82. The molecule has 0 spiro atoms. The summed E-state index contributed by atoms with van der Waals surface area (Å²) in [6, 6.07) is 3.60. The molecule has 108 valence electrons. The molecule has 0 aliphatic rings. The number of halogens is 1. The van der Waals surface area contributed by atoms with Crippen LogP contribution in [0.15, 0.2) is 22.7 Å². The van der Waals surface area contributed by atoms with Crippen molar-refractivity contribution >= 4 is 33.9 Å². The van der Waals surface area contributed by atoms with Gasteiger partial charge in [-0.3, -0.25) is 4.79 Å². The van der Waals surface area contributed by atoms with Crippen molar-refractivity contribution in [3.8, 4) is 5.75 Å². The molecule has 20 heavy (non-hydrogen) atoms. The van der Waals surface area contributed by atoms with Gasteiger partial charge < -0.3 is 15.6 Å². The SMILES string of the molecule is Cc1cc(Br)cc(/C=C/C(=O)O)c1OCC(C)C(N)=O. The molecule has 1 aromatic rings. The summed E-state index contributed by atoms with van der Waals surface area (Å²) in [5, 5.41) is 8.69. The van der Waals surface area contributed by atoms with E-state index in [2.05, 4.69) is 15.9 Å². The van der Waals surface area contributed by atoms with Gasteiger partial charge in [0, 0.05) is 16.1 Å². The summed E-state index contributed by atoms with van der Waals surface area (Å²) < 4.78 is 6.43. The van der Waals surface area contributed by atoms with Crippen molar-refractivity contribution in [2.24, 2.45) is 11.7 Å². The molecule has 0 radical (unpaired) electrons. The van der Waals surface area contributed by atoms with Gasteiger partial charge in [0.05, 0.1) is 12.5 Å². The summed E-state index contributed by atoms with van der Waals surface area (Å²) in [5.41, 5.74) is 6.64. The van der Waals surface area contributed by atoms with E-state index in [4.69, 9.17) is 15.6 Å². The number of rotatable bonds is 6. The first-order chi connectivity index (χ1) is 9.31. The van der Waals surface area contributed by atoms with Crippen LogP contribution in [0.25, 0.3) is 6.08 Å². The largest absolute Gasteiger partial charge is 0.492 e. The summed E-state index contributed by atoms with van der Waals surface area (Å²) in [7, 11) is 0. The lowest BCUT2D eigenvalue weighted by Gasteiger charge is -2.15. The van der Waals surface area contributed by atoms with Gasteiger partial charge in [0.15, 0.2) is 0 Å². The Morgan fingerprint density at radius 1 is 1.50 bits per heavy atom. The van der Waals surface area contributed by atoms with E-state index in [0.717, 1.165) is 16.1 Å². The third-order valence-electron chi connectivity index (χ3n) is 2.64. The van der Waals surface area contributed by atoms with Gasteiger partial charge in [0.1, 0.15) is 5.75 Å². The Balaban J connectivity index is 3.03. The predicted molar refractivity (Wildman–Crippen MR) is 79.4 cm³/mol. The smallest absolute Gasteiger partial charge is 0.328 e. The second kappa shape index (κ2) is 7.09. The number of amides is 1. The molecule has 1 rings (SSSR count). The fraction of sp³-hybridized carbons (Fsp3) is 0.286. The second-order valence-electron chi connectivity index (χ2n) is 4.43. The van der Waals surface area contributed by atoms with Gasteiger partial charge >= 0.3 is 5.97 Å². The topological polar surface area (TPSA) is 89.6 Å². The molecule has 6 heteroatoms. The maximum Gasteiger partial charge on any atom is 0.328 e. The van der Waals surface area contributed by atoms with Crippen molar-refractivity contribution in [2.75, 3.05) is 6.61 Å². The summed E-state index contributed by atoms with van der Waals surface area (Å²) in [5.74, 6) is -1.37. The van der Waals surface area contributed by atoms with Gasteiger partial charge in [0.25, 0.3) is 0 Å². The van der Waals surface area contributed by atoms with Crippen LogP contribution >= 0.6 is 15.9 Å². The molecule has 3 N–H and O–H groups in total. The Morgan fingerprint density at radius 2 is 2.15 bits per heavy atom. The van der Waals surface area contributed by atoms with Gasteiger partial charge in [-0.2, -0.15) is 0 Å². The quantitative estimate of drug-likeness (QED) is 0.777. The van der Waals surface area contributed by atoms with Crippen LogP contribution in [0.5, 0.6) is 5.75 Å². The minimum Gasteiger partial charge on any atom is -0.492 e. The van der Waals surface area contributed by atoms with Crippen molar-refractivity contribution in [3.63, 3.8) is 0 Å². The lowest BCUT2D eigenvalue weighted by Crippen LogP contribution is -2.26. The Morgan fingerprint density at radius 3 is 2.70 bits per heavy atom. The highest BCUT2D eigenvalue weighted by Gasteiger charge is 2.13. The van der Waals surface area contributed by atoms with E-state index in [-0.39, 0.29) is 6.61 Å². The predicted octanol–water partition coefficient (Wildman–Crippen LogP) is 2.36. The molecule has 5 nitrogen and oxygen atoms in total. The van der Waals surface area contributed by atoms with Gasteiger partial charge in [-0.15, -0.1) is 0 Å². The third kappa shape index (κ3) is 4.70. The Bertz CT molecular complexity index is 554. The highest BCUT2D eigenvalue weighted by atomic mass is 79.9. The molecule has 1 aromatic carbocycles. The molecule has 0 saturated heterocycles. The van der Waals surface area contributed by atoms with Gasteiger partial charge in [-0.1, -0.05) is 22.9 Å². The number of benzene rings is 1. The summed E-state index contributed by atoms with van der Waals surface area (Å²) >= 11 is 3.35. The first-order valence-electron chi connectivity index (χ1n) is 5.94. The van der Waals surface area contributed by atoms with Crippen molar-refractivity contribution in [3.05, 3.63) is 33.8 Å². The van der Waals surface area contributed by atoms with Crippen LogP contribution in [0.2, 0.25) is 0 Å².